The monoisotopic (exact) mass is 329 g/mol. The van der Waals surface area contributed by atoms with Crippen molar-refractivity contribution in [3.05, 3.63) is 30.3 Å². The summed E-state index contributed by atoms with van der Waals surface area (Å²) in [5.74, 6) is -5.62. The van der Waals surface area contributed by atoms with Crippen LogP contribution in [0.3, 0.4) is 0 Å². The molecule has 0 amide bonds. The largest absolute Gasteiger partial charge is 0.481 e. The number of carboxylic acids is 1. The van der Waals surface area contributed by atoms with Gasteiger partial charge in [-0.1, -0.05) is 6.07 Å². The summed E-state index contributed by atoms with van der Waals surface area (Å²) in [6.45, 7) is -0.884. The van der Waals surface area contributed by atoms with Gasteiger partial charge in [-0.3, -0.25) is 4.79 Å². The summed E-state index contributed by atoms with van der Waals surface area (Å²) in [6.07, 6.45) is -3.58. The molecule has 2 heterocycles. The predicted molar refractivity (Wildman–Crippen MR) is 72.4 cm³/mol. The SMILES string of the molecule is O=C(O)[C@@H]1CN(c2ncnc3c(F)cccc23)C[C@H]1C(F)(F)F. The minimum Gasteiger partial charge on any atom is -0.481 e. The van der Waals surface area contributed by atoms with Gasteiger partial charge >= 0.3 is 12.1 Å². The van der Waals surface area contributed by atoms with Gasteiger partial charge in [0.15, 0.2) is 0 Å². The second-order valence-corrected chi connectivity index (χ2v) is 5.33. The number of benzene rings is 1. The summed E-state index contributed by atoms with van der Waals surface area (Å²) in [5.41, 5.74) is -0.0140. The minimum atomic E-state index is -4.63. The maximum absolute atomic E-state index is 13.7. The zero-order valence-corrected chi connectivity index (χ0v) is 11.6. The van der Waals surface area contributed by atoms with Crippen molar-refractivity contribution in [3.63, 3.8) is 0 Å². The number of alkyl halides is 3. The van der Waals surface area contributed by atoms with Crippen LogP contribution in [0.15, 0.2) is 24.5 Å². The van der Waals surface area contributed by atoms with Gasteiger partial charge in [-0.15, -0.1) is 0 Å². The van der Waals surface area contributed by atoms with Crippen LogP contribution in [0.4, 0.5) is 23.4 Å². The van der Waals surface area contributed by atoms with Crippen molar-refractivity contribution in [1.29, 1.82) is 0 Å². The van der Waals surface area contributed by atoms with Gasteiger partial charge in [-0.25, -0.2) is 14.4 Å². The Morgan fingerprint density at radius 2 is 2.00 bits per heavy atom. The average Bonchev–Trinajstić information content (AvgIpc) is 2.92. The lowest BCUT2D eigenvalue weighted by Crippen LogP contribution is -2.33. The molecule has 0 bridgehead atoms. The van der Waals surface area contributed by atoms with Crippen LogP contribution in [0.1, 0.15) is 0 Å². The van der Waals surface area contributed by atoms with E-state index in [4.69, 9.17) is 5.11 Å². The maximum atomic E-state index is 13.7. The fraction of sp³-hybridized carbons (Fsp3) is 0.357. The first-order valence-corrected chi connectivity index (χ1v) is 6.72. The zero-order chi connectivity index (χ0) is 16.8. The number of rotatable bonds is 2. The predicted octanol–water partition coefficient (Wildman–Crippen LogP) is 2.47. The summed E-state index contributed by atoms with van der Waals surface area (Å²) in [5, 5.41) is 9.30. The van der Waals surface area contributed by atoms with Crippen LogP contribution in [0.5, 0.6) is 0 Å². The fourth-order valence-electron chi connectivity index (χ4n) is 2.85. The van der Waals surface area contributed by atoms with Crippen molar-refractivity contribution in [2.75, 3.05) is 18.0 Å². The standard InChI is InChI=1S/C14H11F4N3O2/c15-10-3-1-2-7-11(10)19-6-20-12(7)21-4-8(13(22)23)9(5-21)14(16,17)18/h1-3,6,8-9H,4-5H2,(H,22,23)/t8-,9-/m1/s1. The van der Waals surface area contributed by atoms with Crippen LogP contribution in [0.25, 0.3) is 10.9 Å². The topological polar surface area (TPSA) is 66.3 Å². The van der Waals surface area contributed by atoms with E-state index in [1.807, 2.05) is 0 Å². The molecule has 1 aliphatic heterocycles. The van der Waals surface area contributed by atoms with Gasteiger partial charge < -0.3 is 10.0 Å². The number of anilines is 1. The van der Waals surface area contributed by atoms with Crippen LogP contribution in [-0.4, -0.2) is 40.3 Å². The quantitative estimate of drug-likeness (QED) is 0.858. The Kier molecular flexibility index (Phi) is 3.57. The van der Waals surface area contributed by atoms with E-state index in [2.05, 4.69) is 9.97 Å². The van der Waals surface area contributed by atoms with Gasteiger partial charge in [0.1, 0.15) is 23.5 Å². The number of fused-ring (bicyclic) bond motifs is 1. The number of aliphatic carboxylic acids is 1. The van der Waals surface area contributed by atoms with Crippen LogP contribution < -0.4 is 4.90 Å². The molecule has 1 aromatic heterocycles. The van der Waals surface area contributed by atoms with Crippen molar-refractivity contribution >= 4 is 22.7 Å². The summed E-state index contributed by atoms with van der Waals surface area (Å²) in [6, 6.07) is 4.07. The maximum Gasteiger partial charge on any atom is 0.394 e. The van der Waals surface area contributed by atoms with E-state index in [1.165, 1.54) is 23.1 Å². The number of hydrogen-bond acceptors (Lipinski definition) is 4. The second kappa shape index (κ2) is 5.32. The van der Waals surface area contributed by atoms with Crippen LogP contribution in [0.2, 0.25) is 0 Å². The molecule has 1 fully saturated rings. The highest BCUT2D eigenvalue weighted by Crippen LogP contribution is 2.40. The van der Waals surface area contributed by atoms with Crippen molar-refractivity contribution < 1.29 is 27.5 Å². The first-order chi connectivity index (χ1) is 10.8. The molecule has 0 radical (unpaired) electrons. The molecular formula is C14H11F4N3O2. The van der Waals surface area contributed by atoms with Crippen molar-refractivity contribution in [2.45, 2.75) is 6.18 Å². The van der Waals surface area contributed by atoms with Gasteiger partial charge in [-0.2, -0.15) is 13.2 Å². The lowest BCUT2D eigenvalue weighted by molar-refractivity contribution is -0.187. The normalized spacial score (nSPS) is 21.8. The van der Waals surface area contributed by atoms with Crippen molar-refractivity contribution in [2.24, 2.45) is 11.8 Å². The van der Waals surface area contributed by atoms with Gasteiger partial charge in [0.25, 0.3) is 0 Å². The highest BCUT2D eigenvalue weighted by Gasteiger charge is 2.53. The molecular weight excluding hydrogens is 318 g/mol. The Morgan fingerprint density at radius 1 is 1.26 bits per heavy atom. The van der Waals surface area contributed by atoms with E-state index in [0.29, 0.717) is 0 Å². The molecule has 122 valence electrons. The first-order valence-electron chi connectivity index (χ1n) is 6.72. The van der Waals surface area contributed by atoms with Crippen LogP contribution >= 0.6 is 0 Å². The lowest BCUT2D eigenvalue weighted by Gasteiger charge is -2.19. The smallest absolute Gasteiger partial charge is 0.394 e. The number of nitrogens with zero attached hydrogens (tertiary/aromatic N) is 3. The second-order valence-electron chi connectivity index (χ2n) is 5.33. The van der Waals surface area contributed by atoms with Gasteiger partial charge in [0.05, 0.1) is 11.8 Å². The zero-order valence-electron chi connectivity index (χ0n) is 11.6. The lowest BCUT2D eigenvalue weighted by atomic mass is 9.96. The molecule has 1 aliphatic rings. The number of carboxylic acid groups (broad SMARTS) is 1. The van der Waals surface area contributed by atoms with Gasteiger partial charge in [-0.05, 0) is 12.1 Å². The molecule has 1 aromatic carbocycles. The molecule has 2 atom stereocenters. The van der Waals surface area contributed by atoms with E-state index >= 15 is 0 Å². The van der Waals surface area contributed by atoms with Gasteiger partial charge in [0.2, 0.25) is 0 Å². The molecule has 9 heteroatoms. The first kappa shape index (κ1) is 15.4. The third-order valence-corrected chi connectivity index (χ3v) is 3.95. The van der Waals surface area contributed by atoms with E-state index in [-0.39, 0.29) is 23.3 Å². The molecule has 0 spiro atoms. The number of aromatic nitrogens is 2. The Morgan fingerprint density at radius 3 is 2.61 bits per heavy atom. The van der Waals surface area contributed by atoms with Crippen LogP contribution in [0, 0.1) is 17.7 Å². The van der Waals surface area contributed by atoms with E-state index in [0.717, 1.165) is 6.33 Å². The third kappa shape index (κ3) is 2.66. The minimum absolute atomic E-state index is 0.0140. The van der Waals surface area contributed by atoms with Crippen molar-refractivity contribution in [3.8, 4) is 0 Å². The Bertz CT molecular complexity index is 765. The molecule has 1 saturated heterocycles. The molecule has 0 unspecified atom stereocenters. The molecule has 23 heavy (non-hydrogen) atoms. The van der Waals surface area contributed by atoms with E-state index in [9.17, 15) is 22.4 Å². The number of hydrogen-bond donors (Lipinski definition) is 1. The summed E-state index contributed by atoms with van der Waals surface area (Å²) < 4.78 is 52.9. The molecule has 1 N–H and O–H groups in total. The number of para-hydroxylation sites is 1. The fourth-order valence-corrected chi connectivity index (χ4v) is 2.85. The highest BCUT2D eigenvalue weighted by atomic mass is 19.4. The summed E-state index contributed by atoms with van der Waals surface area (Å²) in [7, 11) is 0. The van der Waals surface area contributed by atoms with Crippen LogP contribution in [-0.2, 0) is 4.79 Å². The summed E-state index contributed by atoms with van der Waals surface area (Å²) in [4.78, 5) is 20.1. The number of halogens is 4. The Labute approximate surface area is 127 Å². The van der Waals surface area contributed by atoms with E-state index in [1.54, 1.807) is 0 Å². The van der Waals surface area contributed by atoms with Gasteiger partial charge in [0, 0.05) is 18.5 Å². The molecule has 5 nitrogen and oxygen atoms in total. The third-order valence-electron chi connectivity index (χ3n) is 3.95. The molecule has 2 aromatic rings. The van der Waals surface area contributed by atoms with E-state index < -0.39 is 36.3 Å². The Hall–Kier alpha value is -2.45. The average molecular weight is 329 g/mol. The summed E-state index contributed by atoms with van der Waals surface area (Å²) >= 11 is 0. The molecule has 0 aliphatic carbocycles. The molecule has 0 saturated carbocycles. The van der Waals surface area contributed by atoms with Crippen molar-refractivity contribution in [1.82, 2.24) is 9.97 Å². The Balaban J connectivity index is 2.04. The molecule has 3 rings (SSSR count). The number of carbonyl (C=O) groups is 1. The highest BCUT2D eigenvalue weighted by molar-refractivity contribution is 5.90.